The number of allylic oxidation sites excluding steroid dienone is 2. The first kappa shape index (κ1) is 28.6. The Morgan fingerprint density at radius 1 is 0.674 bits per heavy atom. The Bertz CT molecular complexity index is 1920. The van der Waals surface area contributed by atoms with Crippen molar-refractivity contribution in [1.82, 2.24) is 5.32 Å². The highest BCUT2D eigenvalue weighted by Gasteiger charge is 2.34. The van der Waals surface area contributed by atoms with Gasteiger partial charge in [0.2, 0.25) is 5.91 Å². The van der Waals surface area contributed by atoms with Crippen LogP contribution < -0.4 is 16.2 Å². The molecule has 0 aliphatic carbocycles. The van der Waals surface area contributed by atoms with E-state index in [0.29, 0.717) is 27.5 Å². The second-order valence-electron chi connectivity index (χ2n) is 9.58. The second kappa shape index (κ2) is 12.7. The summed E-state index contributed by atoms with van der Waals surface area (Å²) < 4.78 is 11.1. The molecule has 212 valence electrons. The summed E-state index contributed by atoms with van der Waals surface area (Å²) >= 11 is 0. The molecule has 1 N–H and O–H groups in total. The summed E-state index contributed by atoms with van der Waals surface area (Å²) in [5.74, 6) is -3.44. The maximum atomic E-state index is 13.7. The van der Waals surface area contributed by atoms with Gasteiger partial charge < -0.3 is 14.2 Å². The quantitative estimate of drug-likeness (QED) is 0.175. The van der Waals surface area contributed by atoms with Crippen LogP contribution in [-0.4, -0.2) is 17.5 Å². The van der Waals surface area contributed by atoms with E-state index < -0.39 is 29.4 Å². The van der Waals surface area contributed by atoms with Crippen LogP contribution in [-0.2, 0) is 14.4 Å². The van der Waals surface area contributed by atoms with Crippen molar-refractivity contribution in [1.29, 1.82) is 0 Å². The summed E-state index contributed by atoms with van der Waals surface area (Å²) in [6.07, 6.45) is 8.28. The van der Waals surface area contributed by atoms with Gasteiger partial charge in [-0.05, 0) is 60.2 Å². The first-order valence-corrected chi connectivity index (χ1v) is 13.3. The van der Waals surface area contributed by atoms with Gasteiger partial charge in [0.15, 0.2) is 22.4 Å². The Morgan fingerprint density at radius 2 is 1.14 bits per heavy atom. The standard InChI is InChI=1S/C35H25NO7/c1-2-31(39)36-33(22-10-4-3-5-11-22)32(27(37)18-16-23-20-42-29-14-8-6-12-25(29)34(23)40)28(38)19-17-24-21-43-30-15-9-7-13-26(30)35(24)41/h2-21,32-33H,1H2,(H,36,39). The number of carbonyl (C=O) groups excluding carboxylic acids is 3. The number of carbonyl (C=O) groups is 3. The molecule has 1 amide bonds. The fraction of sp³-hybridized carbons (Fsp3) is 0.0571. The Balaban J connectivity index is 1.55. The van der Waals surface area contributed by atoms with E-state index in [4.69, 9.17) is 8.83 Å². The van der Waals surface area contributed by atoms with Crippen LogP contribution in [0.1, 0.15) is 22.7 Å². The smallest absolute Gasteiger partial charge is 0.243 e. The van der Waals surface area contributed by atoms with Crippen molar-refractivity contribution in [2.24, 2.45) is 5.92 Å². The lowest BCUT2D eigenvalue weighted by molar-refractivity contribution is -0.129. The van der Waals surface area contributed by atoms with Gasteiger partial charge in [-0.15, -0.1) is 0 Å². The topological polar surface area (TPSA) is 124 Å². The first-order chi connectivity index (χ1) is 20.9. The van der Waals surface area contributed by atoms with E-state index in [0.717, 1.165) is 18.2 Å². The zero-order chi connectivity index (χ0) is 30.3. The van der Waals surface area contributed by atoms with Gasteiger partial charge in [-0.2, -0.15) is 0 Å². The van der Waals surface area contributed by atoms with Gasteiger partial charge in [0.1, 0.15) is 29.6 Å². The molecular weight excluding hydrogens is 546 g/mol. The molecule has 0 aliphatic rings. The Morgan fingerprint density at radius 3 is 1.63 bits per heavy atom. The van der Waals surface area contributed by atoms with E-state index in [9.17, 15) is 24.0 Å². The molecule has 0 fully saturated rings. The third-order valence-corrected chi connectivity index (χ3v) is 6.86. The van der Waals surface area contributed by atoms with Crippen LogP contribution in [0.5, 0.6) is 0 Å². The summed E-state index contributed by atoms with van der Waals surface area (Å²) in [5, 5.41) is 3.36. The average molecular weight is 572 g/mol. The third kappa shape index (κ3) is 6.23. The minimum atomic E-state index is -1.46. The van der Waals surface area contributed by atoms with E-state index in [1.807, 2.05) is 0 Å². The second-order valence-corrected chi connectivity index (χ2v) is 9.58. The zero-order valence-electron chi connectivity index (χ0n) is 22.8. The van der Waals surface area contributed by atoms with Crippen LogP contribution in [0.3, 0.4) is 0 Å². The highest BCUT2D eigenvalue weighted by atomic mass is 16.3. The monoisotopic (exact) mass is 571 g/mol. The SMILES string of the molecule is C=CC(=O)NC(c1ccccc1)C(C(=O)C=Cc1coc2ccccc2c1=O)C(=O)C=Cc1coc2ccccc2c1=O. The fourth-order valence-electron chi connectivity index (χ4n) is 4.67. The molecule has 0 bridgehead atoms. The molecule has 43 heavy (non-hydrogen) atoms. The Kier molecular flexibility index (Phi) is 8.48. The number of benzene rings is 3. The summed E-state index contributed by atoms with van der Waals surface area (Å²) in [4.78, 5) is 65.8. The van der Waals surface area contributed by atoms with Gasteiger partial charge >= 0.3 is 0 Å². The normalized spacial score (nSPS) is 12.8. The lowest BCUT2D eigenvalue weighted by Crippen LogP contribution is -2.39. The predicted molar refractivity (Wildman–Crippen MR) is 164 cm³/mol. The highest BCUT2D eigenvalue weighted by Crippen LogP contribution is 2.26. The molecule has 0 radical (unpaired) electrons. The van der Waals surface area contributed by atoms with Crippen molar-refractivity contribution < 1.29 is 23.2 Å². The minimum Gasteiger partial charge on any atom is -0.463 e. The molecule has 2 heterocycles. The van der Waals surface area contributed by atoms with E-state index in [-0.39, 0.29) is 22.0 Å². The summed E-state index contributed by atoms with van der Waals surface area (Å²) in [6.45, 7) is 3.48. The molecule has 5 aromatic rings. The van der Waals surface area contributed by atoms with Gasteiger partial charge in [0.25, 0.3) is 0 Å². The van der Waals surface area contributed by atoms with Crippen molar-refractivity contribution in [3.05, 3.63) is 153 Å². The minimum absolute atomic E-state index is 0.106. The maximum Gasteiger partial charge on any atom is 0.243 e. The summed E-state index contributed by atoms with van der Waals surface area (Å²) in [5.41, 5.74) is 0.782. The van der Waals surface area contributed by atoms with Crippen molar-refractivity contribution >= 4 is 51.6 Å². The average Bonchev–Trinajstić information content (AvgIpc) is 3.04. The molecule has 0 saturated heterocycles. The molecule has 3 aromatic carbocycles. The van der Waals surface area contributed by atoms with E-state index in [1.54, 1.807) is 78.9 Å². The van der Waals surface area contributed by atoms with E-state index in [1.165, 1.54) is 24.7 Å². The van der Waals surface area contributed by atoms with Crippen molar-refractivity contribution in [2.45, 2.75) is 6.04 Å². The number of hydrogen-bond acceptors (Lipinski definition) is 7. The maximum absolute atomic E-state index is 13.7. The van der Waals surface area contributed by atoms with Gasteiger partial charge in [0.05, 0.1) is 27.9 Å². The van der Waals surface area contributed by atoms with Crippen LogP contribution in [0, 0.1) is 5.92 Å². The van der Waals surface area contributed by atoms with E-state index in [2.05, 4.69) is 11.9 Å². The molecule has 0 spiro atoms. The lowest BCUT2D eigenvalue weighted by atomic mass is 9.85. The van der Waals surface area contributed by atoms with Crippen molar-refractivity contribution in [3.63, 3.8) is 0 Å². The molecule has 2 aromatic heterocycles. The number of amides is 1. The lowest BCUT2D eigenvalue weighted by Gasteiger charge is -2.25. The van der Waals surface area contributed by atoms with Crippen LogP contribution in [0.2, 0.25) is 0 Å². The summed E-state index contributed by atoms with van der Waals surface area (Å²) in [7, 11) is 0. The largest absolute Gasteiger partial charge is 0.463 e. The third-order valence-electron chi connectivity index (χ3n) is 6.86. The Labute approximate surface area is 245 Å². The number of para-hydroxylation sites is 2. The molecular formula is C35H25NO7. The molecule has 0 aliphatic heterocycles. The van der Waals surface area contributed by atoms with Crippen molar-refractivity contribution in [3.8, 4) is 0 Å². The number of rotatable bonds is 10. The van der Waals surface area contributed by atoms with Crippen LogP contribution in [0.4, 0.5) is 0 Å². The number of nitrogens with one attached hydrogen (secondary N) is 1. The van der Waals surface area contributed by atoms with Gasteiger partial charge in [-0.3, -0.25) is 24.0 Å². The van der Waals surface area contributed by atoms with Gasteiger partial charge in [-0.25, -0.2) is 0 Å². The molecule has 0 saturated carbocycles. The van der Waals surface area contributed by atoms with Crippen LogP contribution in [0.25, 0.3) is 34.1 Å². The number of ketones is 2. The van der Waals surface area contributed by atoms with Crippen molar-refractivity contribution in [2.75, 3.05) is 0 Å². The Hall–Kier alpha value is -5.89. The number of hydrogen-bond donors (Lipinski definition) is 1. The first-order valence-electron chi connectivity index (χ1n) is 13.3. The summed E-state index contributed by atoms with van der Waals surface area (Å²) in [6, 6.07) is 20.8. The van der Waals surface area contributed by atoms with Crippen LogP contribution in [0.15, 0.2) is 135 Å². The van der Waals surface area contributed by atoms with E-state index >= 15 is 0 Å². The molecule has 8 heteroatoms. The molecule has 1 atom stereocenters. The predicted octanol–water partition coefficient (Wildman–Crippen LogP) is 5.42. The fourth-order valence-corrected chi connectivity index (χ4v) is 4.67. The number of fused-ring (bicyclic) bond motifs is 2. The molecule has 1 unspecified atom stereocenters. The highest BCUT2D eigenvalue weighted by molar-refractivity contribution is 6.14. The van der Waals surface area contributed by atoms with Crippen LogP contribution >= 0.6 is 0 Å². The zero-order valence-corrected chi connectivity index (χ0v) is 22.8. The molecule has 8 nitrogen and oxygen atoms in total. The van der Waals surface area contributed by atoms with Gasteiger partial charge in [-0.1, -0.05) is 61.2 Å². The molecule has 5 rings (SSSR count). The van der Waals surface area contributed by atoms with Gasteiger partial charge in [0, 0.05) is 0 Å².